The van der Waals surface area contributed by atoms with E-state index < -0.39 is 9.84 Å². The highest BCUT2D eigenvalue weighted by atomic mass is 32.2. The molecule has 5 nitrogen and oxygen atoms in total. The summed E-state index contributed by atoms with van der Waals surface area (Å²) < 4.78 is 29.5. The zero-order valence-electron chi connectivity index (χ0n) is 17.1. The first-order valence-electron chi connectivity index (χ1n) is 10.1. The van der Waals surface area contributed by atoms with E-state index in [9.17, 15) is 13.2 Å². The molecule has 6 heteroatoms. The van der Waals surface area contributed by atoms with Gasteiger partial charge in [0.25, 0.3) is 0 Å². The van der Waals surface area contributed by atoms with Crippen LogP contribution in [0.15, 0.2) is 42.5 Å². The number of rotatable bonds is 8. The second-order valence-corrected chi connectivity index (χ2v) is 10.2. The predicted octanol–water partition coefficient (Wildman–Crippen LogP) is 3.76. The van der Waals surface area contributed by atoms with Crippen LogP contribution in [0.2, 0.25) is 0 Å². The molecule has 0 saturated heterocycles. The Morgan fingerprint density at radius 3 is 2.55 bits per heavy atom. The van der Waals surface area contributed by atoms with Crippen LogP contribution in [0, 0.1) is 5.92 Å². The number of aryl methyl sites for hydroxylation is 1. The third kappa shape index (κ3) is 6.32. The van der Waals surface area contributed by atoms with Crippen LogP contribution in [-0.4, -0.2) is 32.4 Å². The van der Waals surface area contributed by atoms with Crippen molar-refractivity contribution < 1.29 is 17.9 Å². The van der Waals surface area contributed by atoms with Gasteiger partial charge in [0.2, 0.25) is 5.91 Å². The number of nitrogens with one attached hydrogen (secondary N) is 1. The fourth-order valence-electron chi connectivity index (χ4n) is 3.48. The Morgan fingerprint density at radius 1 is 1.10 bits per heavy atom. The van der Waals surface area contributed by atoms with Gasteiger partial charge in [0.15, 0.2) is 9.84 Å². The van der Waals surface area contributed by atoms with Gasteiger partial charge in [-0.25, -0.2) is 8.42 Å². The van der Waals surface area contributed by atoms with Crippen molar-refractivity contribution in [2.75, 3.05) is 18.1 Å². The number of carbonyl (C=O) groups excluding carboxylic acids is 1. The summed E-state index contributed by atoms with van der Waals surface area (Å²) in [6, 6.07) is 14.3. The summed E-state index contributed by atoms with van der Waals surface area (Å²) in [4.78, 5) is 12.0. The number of hydrogen-bond donors (Lipinski definition) is 1. The van der Waals surface area contributed by atoms with Gasteiger partial charge in [-0.2, -0.15) is 0 Å². The van der Waals surface area contributed by atoms with Crippen molar-refractivity contribution in [3.63, 3.8) is 0 Å². The standard InChI is InChI=1S/C23H29NO4S/c1-17(2)16-29(26,27)13-11-23(25)24-15-18-5-7-19(8-6-18)20-9-10-22-21(14-20)4-3-12-28-22/h5-10,14,17H,3-4,11-13,15-16H2,1-2H3,(H,24,25). The third-order valence-corrected chi connectivity index (χ3v) is 6.91. The molecular formula is C23H29NO4S. The van der Waals surface area contributed by atoms with Crippen molar-refractivity contribution in [3.8, 4) is 16.9 Å². The molecule has 0 unspecified atom stereocenters. The van der Waals surface area contributed by atoms with E-state index in [2.05, 4.69) is 17.4 Å². The quantitative estimate of drug-likeness (QED) is 0.713. The molecule has 0 aliphatic carbocycles. The molecule has 1 N–H and O–H groups in total. The fourth-order valence-corrected chi connectivity index (χ4v) is 5.16. The van der Waals surface area contributed by atoms with E-state index in [0.29, 0.717) is 6.54 Å². The lowest BCUT2D eigenvalue weighted by atomic mass is 9.98. The summed E-state index contributed by atoms with van der Waals surface area (Å²) in [6.07, 6.45) is 2.10. The molecule has 0 bridgehead atoms. The molecule has 2 aromatic carbocycles. The smallest absolute Gasteiger partial charge is 0.221 e. The Labute approximate surface area is 173 Å². The highest BCUT2D eigenvalue weighted by molar-refractivity contribution is 7.91. The van der Waals surface area contributed by atoms with Gasteiger partial charge < -0.3 is 10.1 Å². The van der Waals surface area contributed by atoms with E-state index in [1.165, 1.54) is 5.56 Å². The van der Waals surface area contributed by atoms with E-state index in [1.54, 1.807) is 0 Å². The van der Waals surface area contributed by atoms with Crippen molar-refractivity contribution in [1.82, 2.24) is 5.32 Å². The molecule has 0 aromatic heterocycles. The van der Waals surface area contributed by atoms with Crippen LogP contribution in [0.4, 0.5) is 0 Å². The van der Waals surface area contributed by atoms with E-state index >= 15 is 0 Å². The molecule has 1 aliphatic heterocycles. The van der Waals surface area contributed by atoms with Crippen LogP contribution in [-0.2, 0) is 27.6 Å². The molecule has 156 valence electrons. The zero-order chi connectivity index (χ0) is 20.9. The second-order valence-electron chi connectivity index (χ2n) is 8.01. The first kappa shape index (κ1) is 21.4. The van der Waals surface area contributed by atoms with Gasteiger partial charge in [-0.1, -0.05) is 44.2 Å². The van der Waals surface area contributed by atoms with E-state index in [4.69, 9.17) is 4.74 Å². The molecule has 1 heterocycles. The molecule has 0 saturated carbocycles. The van der Waals surface area contributed by atoms with Crippen LogP contribution in [0.1, 0.15) is 37.8 Å². The van der Waals surface area contributed by atoms with Gasteiger partial charge >= 0.3 is 0 Å². The number of sulfone groups is 1. The highest BCUT2D eigenvalue weighted by Crippen LogP contribution is 2.30. The molecule has 2 aromatic rings. The van der Waals surface area contributed by atoms with Crippen molar-refractivity contribution >= 4 is 15.7 Å². The van der Waals surface area contributed by atoms with Gasteiger partial charge in [0, 0.05) is 13.0 Å². The molecule has 3 rings (SSSR count). The minimum Gasteiger partial charge on any atom is -0.493 e. The SMILES string of the molecule is CC(C)CS(=O)(=O)CCC(=O)NCc1ccc(-c2ccc3c(c2)CCCO3)cc1. The average molecular weight is 416 g/mol. The van der Waals surface area contributed by atoms with Gasteiger partial charge in [-0.3, -0.25) is 4.79 Å². The number of amides is 1. The van der Waals surface area contributed by atoms with Crippen molar-refractivity contribution in [3.05, 3.63) is 53.6 Å². The number of benzene rings is 2. The molecule has 1 aliphatic rings. The molecule has 0 fully saturated rings. The number of fused-ring (bicyclic) bond motifs is 1. The summed E-state index contributed by atoms with van der Waals surface area (Å²) in [6.45, 7) is 4.90. The number of hydrogen-bond acceptors (Lipinski definition) is 4. The minimum atomic E-state index is -3.17. The van der Waals surface area contributed by atoms with E-state index in [-0.39, 0.29) is 29.8 Å². The largest absolute Gasteiger partial charge is 0.493 e. The predicted molar refractivity (Wildman–Crippen MR) is 116 cm³/mol. The normalized spacial score (nSPS) is 13.6. The average Bonchev–Trinajstić information content (AvgIpc) is 2.70. The van der Waals surface area contributed by atoms with Crippen LogP contribution in [0.5, 0.6) is 5.75 Å². The Balaban J connectivity index is 1.52. The lowest BCUT2D eigenvalue weighted by Gasteiger charge is -2.18. The fraction of sp³-hybridized carbons (Fsp3) is 0.435. The maximum absolute atomic E-state index is 12.0. The van der Waals surface area contributed by atoms with Gasteiger partial charge in [-0.05, 0) is 53.1 Å². The minimum absolute atomic E-state index is 0.00430. The maximum atomic E-state index is 12.0. The second kappa shape index (κ2) is 9.44. The zero-order valence-corrected chi connectivity index (χ0v) is 17.9. The third-order valence-electron chi connectivity index (χ3n) is 4.91. The molecule has 0 spiro atoms. The van der Waals surface area contributed by atoms with E-state index in [0.717, 1.165) is 41.9 Å². The number of ether oxygens (including phenoxy) is 1. The Kier molecular flexibility index (Phi) is 6.96. The molecule has 0 radical (unpaired) electrons. The van der Waals surface area contributed by atoms with Crippen molar-refractivity contribution in [2.24, 2.45) is 5.92 Å². The lowest BCUT2D eigenvalue weighted by molar-refractivity contribution is -0.120. The lowest BCUT2D eigenvalue weighted by Crippen LogP contribution is -2.26. The molecular weight excluding hydrogens is 386 g/mol. The molecule has 0 atom stereocenters. The summed E-state index contributed by atoms with van der Waals surface area (Å²) in [7, 11) is -3.17. The summed E-state index contributed by atoms with van der Waals surface area (Å²) in [5.41, 5.74) is 4.50. The Morgan fingerprint density at radius 2 is 1.83 bits per heavy atom. The Hall–Kier alpha value is -2.34. The van der Waals surface area contributed by atoms with Crippen LogP contribution < -0.4 is 10.1 Å². The van der Waals surface area contributed by atoms with Crippen molar-refractivity contribution in [2.45, 2.75) is 39.7 Å². The summed E-state index contributed by atoms with van der Waals surface area (Å²) in [5.74, 6) is 0.837. The van der Waals surface area contributed by atoms with Crippen LogP contribution in [0.3, 0.4) is 0 Å². The topological polar surface area (TPSA) is 72.5 Å². The summed E-state index contributed by atoms with van der Waals surface area (Å²) in [5, 5.41) is 2.81. The monoisotopic (exact) mass is 415 g/mol. The maximum Gasteiger partial charge on any atom is 0.221 e. The van der Waals surface area contributed by atoms with E-state index in [1.807, 2.05) is 44.2 Å². The molecule has 29 heavy (non-hydrogen) atoms. The van der Waals surface area contributed by atoms with Gasteiger partial charge in [0.05, 0.1) is 18.1 Å². The van der Waals surface area contributed by atoms with Crippen molar-refractivity contribution in [1.29, 1.82) is 0 Å². The summed E-state index contributed by atoms with van der Waals surface area (Å²) >= 11 is 0. The number of carbonyl (C=O) groups is 1. The molecule has 1 amide bonds. The van der Waals surface area contributed by atoms with Gasteiger partial charge in [-0.15, -0.1) is 0 Å². The van der Waals surface area contributed by atoms with Gasteiger partial charge in [0.1, 0.15) is 5.75 Å². The van der Waals surface area contributed by atoms with Crippen LogP contribution >= 0.6 is 0 Å². The Bertz CT molecular complexity index is 949. The first-order valence-corrected chi connectivity index (χ1v) is 12.0. The highest BCUT2D eigenvalue weighted by Gasteiger charge is 2.15. The first-order chi connectivity index (χ1) is 13.8. The van der Waals surface area contributed by atoms with Crippen LogP contribution in [0.25, 0.3) is 11.1 Å².